The molecule has 0 atom stereocenters. The first-order chi connectivity index (χ1) is 9.81. The Balaban J connectivity index is 2.44. The highest BCUT2D eigenvalue weighted by Gasteiger charge is 2.49. The van der Waals surface area contributed by atoms with Crippen molar-refractivity contribution in [2.45, 2.75) is 11.6 Å². The molecule has 2 aromatic rings. The Labute approximate surface area is 120 Å². The van der Waals surface area contributed by atoms with E-state index in [9.17, 15) is 21.6 Å². The molecule has 0 fully saturated rings. The minimum Gasteiger partial charge on any atom is -0.250 e. The smallest absolute Gasteiger partial charge is 0.250 e. The van der Waals surface area contributed by atoms with Gasteiger partial charge >= 0.3 is 15.6 Å². The second-order valence-electron chi connectivity index (χ2n) is 4.20. The second kappa shape index (κ2) is 5.87. The summed E-state index contributed by atoms with van der Waals surface area (Å²) >= 11 is 0. The molecule has 0 aromatic heterocycles. The zero-order valence-corrected chi connectivity index (χ0v) is 11.4. The molecule has 0 unspecified atom stereocenters. The van der Waals surface area contributed by atoms with E-state index in [4.69, 9.17) is 0 Å². The van der Waals surface area contributed by atoms with Crippen LogP contribution in [0.2, 0.25) is 0 Å². The van der Waals surface area contributed by atoms with Gasteiger partial charge in [-0.1, -0.05) is 60.7 Å². The zero-order valence-electron chi connectivity index (χ0n) is 10.6. The number of benzene rings is 2. The summed E-state index contributed by atoms with van der Waals surface area (Å²) < 4.78 is 64.5. The Kier molecular flexibility index (Phi) is 4.34. The first-order valence-corrected chi connectivity index (χ1v) is 7.31. The lowest BCUT2D eigenvalue weighted by atomic mass is 10.0. The third-order valence-corrected chi connectivity index (χ3v) is 3.72. The lowest BCUT2D eigenvalue weighted by Gasteiger charge is -2.19. The van der Waals surface area contributed by atoms with Gasteiger partial charge in [-0.15, -0.1) is 0 Å². The maximum absolute atomic E-state index is 12.5. The van der Waals surface area contributed by atoms with E-state index >= 15 is 0 Å². The molecule has 7 heteroatoms. The van der Waals surface area contributed by atoms with Gasteiger partial charge in [0.2, 0.25) is 0 Å². The number of alkyl halides is 3. The lowest BCUT2D eigenvalue weighted by Crippen LogP contribution is -2.27. The van der Waals surface area contributed by atoms with E-state index in [0.717, 1.165) is 0 Å². The molecule has 0 aliphatic heterocycles. The highest BCUT2D eigenvalue weighted by Crippen LogP contribution is 2.33. The van der Waals surface area contributed by atoms with Gasteiger partial charge in [-0.25, -0.2) is 0 Å². The molecule has 21 heavy (non-hydrogen) atoms. The van der Waals surface area contributed by atoms with Crippen molar-refractivity contribution in [1.82, 2.24) is 0 Å². The Bertz CT molecular complexity index is 643. The van der Waals surface area contributed by atoms with E-state index in [1.165, 1.54) is 24.3 Å². The molecule has 0 heterocycles. The molecule has 0 bridgehead atoms. The Morgan fingerprint density at radius 3 is 1.52 bits per heavy atom. The maximum Gasteiger partial charge on any atom is 0.523 e. The monoisotopic (exact) mass is 316 g/mol. The van der Waals surface area contributed by atoms with E-state index in [2.05, 4.69) is 4.18 Å². The van der Waals surface area contributed by atoms with Crippen molar-refractivity contribution >= 4 is 10.1 Å². The average Bonchev–Trinajstić information content (AvgIpc) is 2.45. The number of hydrogen-bond acceptors (Lipinski definition) is 3. The highest BCUT2D eigenvalue weighted by atomic mass is 32.2. The predicted octanol–water partition coefficient (Wildman–Crippen LogP) is 3.64. The van der Waals surface area contributed by atoms with Gasteiger partial charge in [0, 0.05) is 0 Å². The molecule has 0 amide bonds. The molecule has 0 aliphatic carbocycles. The summed E-state index contributed by atoms with van der Waals surface area (Å²) in [4.78, 5) is 0. The molecular weight excluding hydrogens is 305 g/mol. The molecular formula is C14H11F3O3S. The summed E-state index contributed by atoms with van der Waals surface area (Å²) in [6.45, 7) is 0. The SMILES string of the molecule is O=S(=O)(OC(c1ccccc1)c1ccccc1)C(F)(F)F. The van der Waals surface area contributed by atoms with Crippen molar-refractivity contribution in [2.75, 3.05) is 0 Å². The fraction of sp³-hybridized carbons (Fsp3) is 0.143. The molecule has 2 rings (SSSR count). The van der Waals surface area contributed by atoms with E-state index < -0.39 is 21.7 Å². The van der Waals surface area contributed by atoms with Crippen molar-refractivity contribution in [3.63, 3.8) is 0 Å². The fourth-order valence-electron chi connectivity index (χ4n) is 1.74. The first-order valence-electron chi connectivity index (χ1n) is 5.91. The van der Waals surface area contributed by atoms with Crippen molar-refractivity contribution in [3.8, 4) is 0 Å². The standard InChI is InChI=1S/C14H11F3O3S/c15-14(16,17)21(18,19)20-13(11-7-3-1-4-8-11)12-9-5-2-6-10-12/h1-10,13H. The topological polar surface area (TPSA) is 43.4 Å². The van der Waals surface area contributed by atoms with E-state index in [0.29, 0.717) is 11.1 Å². The predicted molar refractivity (Wildman–Crippen MR) is 70.8 cm³/mol. The largest absolute Gasteiger partial charge is 0.523 e. The number of hydrogen-bond donors (Lipinski definition) is 0. The van der Waals surface area contributed by atoms with E-state index in [-0.39, 0.29) is 0 Å². The van der Waals surface area contributed by atoms with Crippen molar-refractivity contribution < 1.29 is 25.8 Å². The Morgan fingerprint density at radius 2 is 1.19 bits per heavy atom. The van der Waals surface area contributed by atoms with Gasteiger partial charge in [-0.3, -0.25) is 4.18 Å². The summed E-state index contributed by atoms with van der Waals surface area (Å²) in [7, 11) is -5.69. The van der Waals surface area contributed by atoms with Crippen LogP contribution in [-0.4, -0.2) is 13.9 Å². The summed E-state index contributed by atoms with van der Waals surface area (Å²) in [6, 6.07) is 15.7. The van der Waals surface area contributed by atoms with Crippen LogP contribution < -0.4 is 0 Å². The Morgan fingerprint density at radius 1 is 0.810 bits per heavy atom. The van der Waals surface area contributed by atoms with Gasteiger partial charge < -0.3 is 0 Å². The van der Waals surface area contributed by atoms with Gasteiger partial charge in [0.1, 0.15) is 6.10 Å². The second-order valence-corrected chi connectivity index (χ2v) is 5.76. The van der Waals surface area contributed by atoms with Gasteiger partial charge in [0.15, 0.2) is 0 Å². The Hall–Kier alpha value is -1.86. The quantitative estimate of drug-likeness (QED) is 0.639. The van der Waals surface area contributed by atoms with Gasteiger partial charge in [-0.2, -0.15) is 21.6 Å². The van der Waals surface area contributed by atoms with Crippen LogP contribution in [0.15, 0.2) is 60.7 Å². The number of rotatable bonds is 4. The molecule has 0 saturated carbocycles. The minimum atomic E-state index is -5.69. The number of halogens is 3. The molecule has 0 spiro atoms. The average molecular weight is 316 g/mol. The third-order valence-electron chi connectivity index (χ3n) is 2.71. The minimum absolute atomic E-state index is 0.316. The van der Waals surface area contributed by atoms with Crippen molar-refractivity contribution in [1.29, 1.82) is 0 Å². The summed E-state index contributed by atoms with van der Waals surface area (Å²) in [5, 5.41) is 0. The summed E-state index contributed by atoms with van der Waals surface area (Å²) in [6.07, 6.45) is -1.35. The van der Waals surface area contributed by atoms with Gasteiger partial charge in [0.05, 0.1) is 0 Å². The summed E-state index contributed by atoms with van der Waals surface area (Å²) in [5.41, 5.74) is -4.83. The van der Waals surface area contributed by atoms with E-state index in [1.54, 1.807) is 36.4 Å². The third kappa shape index (κ3) is 3.62. The van der Waals surface area contributed by atoms with Crippen LogP contribution in [0, 0.1) is 0 Å². The van der Waals surface area contributed by atoms with Gasteiger partial charge in [-0.05, 0) is 11.1 Å². The molecule has 2 aromatic carbocycles. The van der Waals surface area contributed by atoms with Crippen LogP contribution in [0.25, 0.3) is 0 Å². The summed E-state index contributed by atoms with van der Waals surface area (Å²) in [5.74, 6) is 0. The van der Waals surface area contributed by atoms with Crippen LogP contribution in [0.4, 0.5) is 13.2 Å². The first kappa shape index (κ1) is 15.5. The van der Waals surface area contributed by atoms with Crippen LogP contribution in [0.1, 0.15) is 17.2 Å². The molecule has 0 saturated heterocycles. The maximum atomic E-state index is 12.5. The lowest BCUT2D eigenvalue weighted by molar-refractivity contribution is -0.0562. The van der Waals surface area contributed by atoms with Gasteiger partial charge in [0.25, 0.3) is 0 Å². The molecule has 0 aliphatic rings. The van der Waals surface area contributed by atoms with Crippen LogP contribution in [0.3, 0.4) is 0 Å². The van der Waals surface area contributed by atoms with Crippen LogP contribution >= 0.6 is 0 Å². The van der Waals surface area contributed by atoms with Crippen LogP contribution in [0.5, 0.6) is 0 Å². The van der Waals surface area contributed by atoms with Crippen LogP contribution in [-0.2, 0) is 14.3 Å². The molecule has 112 valence electrons. The highest BCUT2D eigenvalue weighted by molar-refractivity contribution is 7.87. The van der Waals surface area contributed by atoms with Crippen molar-refractivity contribution in [2.24, 2.45) is 0 Å². The van der Waals surface area contributed by atoms with E-state index in [1.807, 2.05) is 0 Å². The zero-order chi connectivity index (χ0) is 15.5. The van der Waals surface area contributed by atoms with Crippen molar-refractivity contribution in [3.05, 3.63) is 71.8 Å². The normalized spacial score (nSPS) is 12.6. The fourth-order valence-corrected chi connectivity index (χ4v) is 2.33. The molecule has 0 radical (unpaired) electrons. The molecule has 3 nitrogen and oxygen atoms in total. The molecule has 0 N–H and O–H groups in total.